The Hall–Kier alpha value is -2.40. The van der Waals surface area contributed by atoms with E-state index in [1.54, 1.807) is 12.2 Å². The van der Waals surface area contributed by atoms with Gasteiger partial charge in [-0.15, -0.1) is 0 Å². The van der Waals surface area contributed by atoms with Gasteiger partial charge in [0.05, 0.1) is 33.9 Å². The number of esters is 2. The first-order valence-corrected chi connectivity index (χ1v) is 25.9. The Morgan fingerprint density at radius 1 is 0.742 bits per heavy atom. The van der Waals surface area contributed by atoms with Gasteiger partial charge in [-0.05, 0) is 69.8 Å². The van der Waals surface area contributed by atoms with Gasteiger partial charge in [0.25, 0.3) is 7.82 Å². The van der Waals surface area contributed by atoms with Crippen LogP contribution in [0.1, 0.15) is 181 Å². The summed E-state index contributed by atoms with van der Waals surface area (Å²) >= 11 is 0. The number of carbonyl (C=O) groups is 3. The standard InChI is InChI=1S/C50H88NO10P/c1-6-8-10-11-12-13-14-15-16-17-18-19-20-21-22-23-24-25-30-34-49(54)58-42-46(43-60-62(56,57)59-41-40-51(3,4)5)61-50(55)35-31-27-26-29-32-44-36-39-48(53)47(44)38-37-45(52)33-28-9-7-2/h15-16,26,29,36-39,44-47,52H,6-14,17-25,27-28,30-35,40-43H2,1-5H3/b16-15-,29-26-,38-37+/t44-,45-,46+,47+/m0/s1. The maximum Gasteiger partial charge on any atom is 0.306 e. The maximum absolute atomic E-state index is 12.8. The van der Waals surface area contributed by atoms with Crippen molar-refractivity contribution in [2.45, 2.75) is 193 Å². The molecule has 0 amide bonds. The van der Waals surface area contributed by atoms with Crippen molar-refractivity contribution in [3.8, 4) is 0 Å². The predicted octanol–water partition coefficient (Wildman–Crippen LogP) is 11.2. The van der Waals surface area contributed by atoms with Gasteiger partial charge >= 0.3 is 11.9 Å². The topological polar surface area (TPSA) is 148 Å². The highest BCUT2D eigenvalue weighted by molar-refractivity contribution is 7.45. The summed E-state index contributed by atoms with van der Waals surface area (Å²) in [5, 5.41) is 10.2. The van der Waals surface area contributed by atoms with Crippen LogP contribution >= 0.6 is 7.82 Å². The Balaban J connectivity index is 2.40. The minimum absolute atomic E-state index is 0.0155. The lowest BCUT2D eigenvalue weighted by molar-refractivity contribution is -0.870. The summed E-state index contributed by atoms with van der Waals surface area (Å²) in [6.45, 7) is 3.90. The highest BCUT2D eigenvalue weighted by atomic mass is 31.2. The molecule has 0 aliphatic heterocycles. The first kappa shape index (κ1) is 57.6. The number of unbranched alkanes of at least 4 members (excludes halogenated alkanes) is 18. The van der Waals surface area contributed by atoms with Crippen molar-refractivity contribution in [1.29, 1.82) is 0 Å². The molecule has 0 saturated heterocycles. The zero-order valence-corrected chi connectivity index (χ0v) is 40.6. The number of quaternary nitrogens is 1. The molecule has 0 aromatic heterocycles. The average molecular weight is 894 g/mol. The first-order valence-electron chi connectivity index (χ1n) is 24.4. The number of hydrogen-bond acceptors (Lipinski definition) is 10. The molecule has 0 radical (unpaired) electrons. The summed E-state index contributed by atoms with van der Waals surface area (Å²) in [4.78, 5) is 50.2. The number of nitrogens with zero attached hydrogens (tertiary/aromatic N) is 1. The van der Waals surface area contributed by atoms with Gasteiger partial charge in [-0.3, -0.25) is 18.9 Å². The molecular weight excluding hydrogens is 806 g/mol. The summed E-state index contributed by atoms with van der Waals surface area (Å²) in [6.07, 6.45) is 40.5. The van der Waals surface area contributed by atoms with E-state index in [0.717, 1.165) is 38.5 Å². The second kappa shape index (κ2) is 36.9. The monoisotopic (exact) mass is 894 g/mol. The quantitative estimate of drug-likeness (QED) is 0.0207. The van der Waals surface area contributed by atoms with Gasteiger partial charge in [-0.1, -0.05) is 153 Å². The lowest BCUT2D eigenvalue weighted by atomic mass is 9.90. The molecular formula is C50H88NO10P. The number of carbonyl (C=O) groups excluding carboxylic acids is 3. The summed E-state index contributed by atoms with van der Waals surface area (Å²) in [5.41, 5.74) is 0. The fourth-order valence-electron chi connectivity index (χ4n) is 7.11. The van der Waals surface area contributed by atoms with Crippen LogP contribution in [0.25, 0.3) is 0 Å². The van der Waals surface area contributed by atoms with Crippen molar-refractivity contribution in [2.24, 2.45) is 11.8 Å². The molecule has 0 heterocycles. The fraction of sp³-hybridized carbons (Fsp3) is 0.780. The minimum atomic E-state index is -4.69. The molecule has 1 rings (SSSR count). The predicted molar refractivity (Wildman–Crippen MR) is 249 cm³/mol. The molecule has 1 unspecified atom stereocenters. The van der Waals surface area contributed by atoms with Crippen LogP contribution in [0.3, 0.4) is 0 Å². The lowest BCUT2D eigenvalue weighted by Gasteiger charge is -2.28. The first-order chi connectivity index (χ1) is 29.8. The molecule has 1 N–H and O–H groups in total. The molecule has 1 aliphatic carbocycles. The molecule has 1 aliphatic rings. The number of aliphatic hydroxyl groups is 1. The number of aliphatic hydroxyl groups excluding tert-OH is 1. The van der Waals surface area contributed by atoms with Crippen LogP contribution < -0.4 is 4.89 Å². The molecule has 358 valence electrons. The van der Waals surface area contributed by atoms with E-state index < -0.39 is 38.6 Å². The molecule has 11 nitrogen and oxygen atoms in total. The smallest absolute Gasteiger partial charge is 0.306 e. The third kappa shape index (κ3) is 34.1. The number of rotatable bonds is 41. The Kier molecular flexibility index (Phi) is 34.3. The second-order valence-electron chi connectivity index (χ2n) is 18.1. The summed E-state index contributed by atoms with van der Waals surface area (Å²) in [5.74, 6) is -1.22. The highest BCUT2D eigenvalue weighted by Gasteiger charge is 2.27. The molecule has 0 saturated carbocycles. The molecule has 12 heteroatoms. The third-order valence-electron chi connectivity index (χ3n) is 11.1. The molecule has 0 spiro atoms. The van der Waals surface area contributed by atoms with Gasteiger partial charge < -0.3 is 33.0 Å². The van der Waals surface area contributed by atoms with Crippen LogP contribution in [0.15, 0.2) is 48.6 Å². The molecule has 5 atom stereocenters. The molecule has 0 fully saturated rings. The van der Waals surface area contributed by atoms with Crippen molar-refractivity contribution < 1.29 is 52.0 Å². The van der Waals surface area contributed by atoms with Crippen LogP contribution in [0.2, 0.25) is 0 Å². The van der Waals surface area contributed by atoms with Gasteiger partial charge in [0.2, 0.25) is 0 Å². The molecule has 62 heavy (non-hydrogen) atoms. The Morgan fingerprint density at radius 2 is 1.29 bits per heavy atom. The van der Waals surface area contributed by atoms with E-state index >= 15 is 0 Å². The van der Waals surface area contributed by atoms with Gasteiger partial charge in [0, 0.05) is 18.8 Å². The van der Waals surface area contributed by atoms with E-state index in [0.29, 0.717) is 43.1 Å². The summed E-state index contributed by atoms with van der Waals surface area (Å²) < 4.78 is 33.9. The van der Waals surface area contributed by atoms with Gasteiger partial charge in [-0.2, -0.15) is 0 Å². The second-order valence-corrected chi connectivity index (χ2v) is 19.5. The summed E-state index contributed by atoms with van der Waals surface area (Å²) in [6, 6.07) is 0. The van der Waals surface area contributed by atoms with E-state index in [1.807, 2.05) is 45.4 Å². The van der Waals surface area contributed by atoms with Crippen molar-refractivity contribution in [3.63, 3.8) is 0 Å². The number of likely N-dealkylation sites (N-methyl/N-ethyl adjacent to an activating group) is 1. The lowest BCUT2D eigenvalue weighted by Crippen LogP contribution is -2.37. The van der Waals surface area contributed by atoms with Crippen LogP contribution in [-0.2, 0) is 37.5 Å². The largest absolute Gasteiger partial charge is 0.756 e. The van der Waals surface area contributed by atoms with Crippen LogP contribution in [0.5, 0.6) is 0 Å². The molecule has 0 aromatic rings. The zero-order chi connectivity index (χ0) is 45.7. The van der Waals surface area contributed by atoms with Gasteiger partial charge in [0.1, 0.15) is 19.8 Å². The van der Waals surface area contributed by atoms with E-state index in [2.05, 4.69) is 26.0 Å². The SMILES string of the molecule is CCCCCCCC/C=C\CCCCCCCCCCCC(=O)OC[C@H](COP(=O)([O-])OCC[N+](C)(C)C)OC(=O)CCC/C=C\C[C@H]1C=CC(=O)[C@@H]1/C=C/[C@@H](O)CCCCC. The molecule has 0 bridgehead atoms. The average Bonchev–Trinajstić information content (AvgIpc) is 3.57. The van der Waals surface area contributed by atoms with Crippen molar-refractivity contribution in [3.05, 3.63) is 48.6 Å². The Bertz CT molecular complexity index is 1340. The van der Waals surface area contributed by atoms with Gasteiger partial charge in [0.15, 0.2) is 11.9 Å². The van der Waals surface area contributed by atoms with Crippen molar-refractivity contribution in [1.82, 2.24) is 0 Å². The number of allylic oxidation sites excluding steroid dienone is 7. The van der Waals surface area contributed by atoms with E-state index in [1.165, 1.54) is 83.5 Å². The van der Waals surface area contributed by atoms with E-state index in [-0.39, 0.29) is 43.7 Å². The number of ketones is 1. The third-order valence-corrected chi connectivity index (χ3v) is 12.0. The Labute approximate surface area is 377 Å². The van der Waals surface area contributed by atoms with Crippen LogP contribution in [-0.4, -0.2) is 87.0 Å². The number of ether oxygens (including phenoxy) is 2. The maximum atomic E-state index is 12.8. The van der Waals surface area contributed by atoms with Crippen LogP contribution in [0, 0.1) is 11.8 Å². The van der Waals surface area contributed by atoms with Crippen molar-refractivity contribution in [2.75, 3.05) is 47.5 Å². The fourth-order valence-corrected chi connectivity index (χ4v) is 7.84. The summed E-state index contributed by atoms with van der Waals surface area (Å²) in [7, 11) is 1.04. The Morgan fingerprint density at radius 3 is 1.92 bits per heavy atom. The zero-order valence-electron chi connectivity index (χ0n) is 39.7. The van der Waals surface area contributed by atoms with Crippen LogP contribution in [0.4, 0.5) is 0 Å². The van der Waals surface area contributed by atoms with Gasteiger partial charge in [-0.25, -0.2) is 0 Å². The highest BCUT2D eigenvalue weighted by Crippen LogP contribution is 2.38. The molecule has 0 aromatic carbocycles. The normalized spacial score (nSPS) is 17.7. The minimum Gasteiger partial charge on any atom is -0.756 e. The number of hydrogen-bond donors (Lipinski definition) is 1. The number of phosphoric ester groups is 1. The van der Waals surface area contributed by atoms with Crippen molar-refractivity contribution >= 4 is 25.5 Å². The van der Waals surface area contributed by atoms with E-state index in [9.17, 15) is 28.9 Å². The number of phosphoric acid groups is 1. The van der Waals surface area contributed by atoms with E-state index in [4.69, 9.17) is 18.5 Å².